The summed E-state index contributed by atoms with van der Waals surface area (Å²) in [5, 5.41) is 6.00. The largest absolute Gasteiger partial charge is 0.485 e. The van der Waals surface area contributed by atoms with Gasteiger partial charge in [0.15, 0.2) is 15.9 Å². The zero-order valence-corrected chi connectivity index (χ0v) is 18.6. The van der Waals surface area contributed by atoms with Gasteiger partial charge in [0.25, 0.3) is 5.56 Å². The number of amides is 1. The summed E-state index contributed by atoms with van der Waals surface area (Å²) >= 11 is 6.44. The molecule has 32 heavy (non-hydrogen) atoms. The molecule has 0 radical (unpaired) electrons. The van der Waals surface area contributed by atoms with Crippen LogP contribution in [0.3, 0.4) is 0 Å². The molecule has 1 aliphatic heterocycles. The van der Waals surface area contributed by atoms with Gasteiger partial charge in [-0.25, -0.2) is 10.1 Å². The predicted molar refractivity (Wildman–Crippen MR) is 111 cm³/mol. The average Bonchev–Trinajstić information content (AvgIpc) is 3.25. The Morgan fingerprint density at radius 1 is 1.31 bits per heavy atom. The molecular weight excluding hydrogens is 475 g/mol. The van der Waals surface area contributed by atoms with E-state index < -0.39 is 22.7 Å². The van der Waals surface area contributed by atoms with Gasteiger partial charge in [0.2, 0.25) is 5.91 Å². The lowest BCUT2D eigenvalue weighted by Crippen LogP contribution is -2.49. The van der Waals surface area contributed by atoms with Crippen molar-refractivity contribution in [2.45, 2.75) is 25.6 Å². The number of aromatic nitrogens is 3. The quantitative estimate of drug-likeness (QED) is 0.561. The van der Waals surface area contributed by atoms with Crippen LogP contribution in [0.4, 0.5) is 18.3 Å². The topological polar surface area (TPSA) is 101 Å². The minimum Gasteiger partial charge on any atom is -0.485 e. The van der Waals surface area contributed by atoms with E-state index in [0.29, 0.717) is 42.6 Å². The van der Waals surface area contributed by atoms with E-state index in [4.69, 9.17) is 21.1 Å². The van der Waals surface area contributed by atoms with Gasteiger partial charge in [-0.05, 0) is 6.92 Å². The summed E-state index contributed by atoms with van der Waals surface area (Å²) in [7, 11) is 0. The number of alkyl halides is 3. The molecule has 1 fully saturated rings. The maximum Gasteiger partial charge on any atom is 0.427 e. The van der Waals surface area contributed by atoms with Crippen LogP contribution in [0.2, 0.25) is 5.02 Å². The van der Waals surface area contributed by atoms with Crippen molar-refractivity contribution in [1.29, 1.82) is 0 Å². The van der Waals surface area contributed by atoms with Gasteiger partial charge in [-0.2, -0.15) is 18.3 Å². The number of piperazine rings is 1. The number of thiazole rings is 1. The van der Waals surface area contributed by atoms with Crippen molar-refractivity contribution in [2.75, 3.05) is 44.3 Å². The summed E-state index contributed by atoms with van der Waals surface area (Å²) in [6, 6.07) is 0. The second-order valence-corrected chi connectivity index (χ2v) is 8.39. The van der Waals surface area contributed by atoms with E-state index in [9.17, 15) is 22.8 Å². The fourth-order valence-electron chi connectivity index (χ4n) is 2.96. The molecule has 0 spiro atoms. The highest BCUT2D eigenvalue weighted by molar-refractivity contribution is 7.15. The third kappa shape index (κ3) is 6.33. The Bertz CT molecular complexity index is 978. The summed E-state index contributed by atoms with van der Waals surface area (Å²) in [6.07, 6.45) is -2.54. The maximum atomic E-state index is 12.7. The fraction of sp³-hybridized carbons (Fsp3) is 0.556. The molecule has 0 bridgehead atoms. The third-order valence-corrected chi connectivity index (χ3v) is 6.04. The number of anilines is 1. The van der Waals surface area contributed by atoms with Crippen LogP contribution >= 0.6 is 22.9 Å². The van der Waals surface area contributed by atoms with Crippen molar-refractivity contribution < 1.29 is 27.4 Å². The smallest absolute Gasteiger partial charge is 0.427 e. The van der Waals surface area contributed by atoms with Gasteiger partial charge in [0, 0.05) is 26.2 Å². The van der Waals surface area contributed by atoms with Crippen LogP contribution < -0.4 is 15.2 Å². The molecule has 2 aromatic heterocycles. The lowest BCUT2D eigenvalue weighted by atomic mass is 10.3. The Morgan fingerprint density at radius 3 is 2.69 bits per heavy atom. The summed E-state index contributed by atoms with van der Waals surface area (Å²) in [5.74, 6) is 0.0400. The van der Waals surface area contributed by atoms with Crippen LogP contribution in [-0.4, -0.2) is 71.5 Å². The molecule has 1 N–H and O–H groups in total. The Kier molecular flexibility index (Phi) is 7.96. The number of hydrogen-bond donors (Lipinski definition) is 1. The van der Waals surface area contributed by atoms with Crippen molar-refractivity contribution >= 4 is 34.0 Å². The van der Waals surface area contributed by atoms with Gasteiger partial charge in [-0.3, -0.25) is 9.59 Å². The number of nitrogens with zero attached hydrogens (tertiary/aromatic N) is 4. The van der Waals surface area contributed by atoms with Crippen molar-refractivity contribution in [3.05, 3.63) is 32.6 Å². The lowest BCUT2D eigenvalue weighted by Gasteiger charge is -2.34. The standard InChI is InChI=1S/C18H21ClF3N5O4S/c1-11(31-12-8-24-25-16(29)15(12)19)10-30-7-2-14(28)26-3-5-27(6-4-26)17-23-9-13(32-17)18(20,21)22/h8-9,11H,2-7,10H2,1H3,(H,25,29)/t11-/m0/s1. The molecule has 1 saturated heterocycles. The van der Waals surface area contributed by atoms with Crippen molar-refractivity contribution in [3.63, 3.8) is 0 Å². The van der Waals surface area contributed by atoms with Crippen LogP contribution in [0.15, 0.2) is 17.2 Å². The number of hydrogen-bond acceptors (Lipinski definition) is 8. The fourth-order valence-corrected chi connectivity index (χ4v) is 3.93. The van der Waals surface area contributed by atoms with Gasteiger partial charge < -0.3 is 19.3 Å². The van der Waals surface area contributed by atoms with Crippen LogP contribution in [-0.2, 0) is 15.7 Å². The van der Waals surface area contributed by atoms with Gasteiger partial charge in [0.05, 0.1) is 32.0 Å². The first-order chi connectivity index (χ1) is 15.1. The minimum atomic E-state index is -4.40. The molecule has 0 unspecified atom stereocenters. The van der Waals surface area contributed by atoms with E-state index in [0.717, 1.165) is 6.20 Å². The van der Waals surface area contributed by atoms with E-state index >= 15 is 0 Å². The van der Waals surface area contributed by atoms with Crippen LogP contribution in [0.5, 0.6) is 5.75 Å². The molecule has 2 aromatic rings. The normalized spacial score (nSPS) is 15.7. The number of H-pyrrole nitrogens is 1. The summed E-state index contributed by atoms with van der Waals surface area (Å²) in [4.78, 5) is 30.3. The Balaban J connectivity index is 1.36. The molecule has 3 heterocycles. The number of aromatic amines is 1. The second-order valence-electron chi connectivity index (χ2n) is 7.00. The molecule has 1 aliphatic rings. The summed E-state index contributed by atoms with van der Waals surface area (Å²) in [5.41, 5.74) is -0.557. The first-order valence-electron chi connectivity index (χ1n) is 9.68. The second kappa shape index (κ2) is 10.5. The number of carbonyl (C=O) groups is 1. The highest BCUT2D eigenvalue weighted by atomic mass is 35.5. The highest BCUT2D eigenvalue weighted by Gasteiger charge is 2.34. The summed E-state index contributed by atoms with van der Waals surface area (Å²) < 4.78 is 49.2. The highest BCUT2D eigenvalue weighted by Crippen LogP contribution is 2.36. The van der Waals surface area contributed by atoms with Gasteiger partial charge >= 0.3 is 6.18 Å². The third-order valence-electron chi connectivity index (χ3n) is 4.58. The average molecular weight is 496 g/mol. The Labute approximate surface area is 190 Å². The van der Waals surface area contributed by atoms with Crippen molar-refractivity contribution in [2.24, 2.45) is 0 Å². The number of nitrogens with one attached hydrogen (secondary N) is 1. The SMILES string of the molecule is C[C@@H](COCCC(=O)N1CCN(c2ncc(C(F)(F)F)s2)CC1)Oc1cn[nH]c(=O)c1Cl. The number of carbonyl (C=O) groups excluding carboxylic acids is 1. The molecule has 0 saturated carbocycles. The molecule has 9 nitrogen and oxygen atoms in total. The van der Waals surface area contributed by atoms with Crippen LogP contribution in [0.25, 0.3) is 0 Å². The van der Waals surface area contributed by atoms with E-state index in [1.54, 1.807) is 16.7 Å². The van der Waals surface area contributed by atoms with Gasteiger partial charge in [-0.1, -0.05) is 22.9 Å². The Hall–Kier alpha value is -2.38. The molecule has 0 aromatic carbocycles. The van der Waals surface area contributed by atoms with Crippen LogP contribution in [0.1, 0.15) is 18.2 Å². The van der Waals surface area contributed by atoms with Gasteiger partial charge in [0.1, 0.15) is 11.0 Å². The number of ether oxygens (including phenoxy) is 2. The maximum absolute atomic E-state index is 12.7. The first-order valence-corrected chi connectivity index (χ1v) is 10.9. The molecular formula is C18H21ClF3N5O4S. The monoisotopic (exact) mass is 495 g/mol. The molecule has 14 heteroatoms. The lowest BCUT2D eigenvalue weighted by molar-refractivity contribution is -0.134. The van der Waals surface area contributed by atoms with E-state index in [-0.39, 0.29) is 36.3 Å². The molecule has 3 rings (SSSR count). The number of rotatable bonds is 8. The zero-order valence-electron chi connectivity index (χ0n) is 17.0. The first kappa shape index (κ1) is 24.3. The van der Waals surface area contributed by atoms with E-state index in [2.05, 4.69) is 15.2 Å². The summed E-state index contributed by atoms with van der Waals surface area (Å²) in [6.45, 7) is 3.69. The predicted octanol–water partition coefficient (Wildman–Crippen LogP) is 2.42. The zero-order chi connectivity index (χ0) is 23.3. The van der Waals surface area contributed by atoms with Crippen molar-refractivity contribution in [3.8, 4) is 5.75 Å². The van der Waals surface area contributed by atoms with Gasteiger partial charge in [-0.15, -0.1) is 0 Å². The number of halogens is 4. The van der Waals surface area contributed by atoms with E-state index in [1.165, 1.54) is 6.20 Å². The van der Waals surface area contributed by atoms with E-state index in [1.807, 2.05) is 0 Å². The Morgan fingerprint density at radius 2 is 2.03 bits per heavy atom. The molecule has 176 valence electrons. The molecule has 1 atom stereocenters. The van der Waals surface area contributed by atoms with Crippen LogP contribution in [0, 0.1) is 0 Å². The minimum absolute atomic E-state index is 0.102. The molecule has 0 aliphatic carbocycles. The molecule has 1 amide bonds. The van der Waals surface area contributed by atoms with Crippen molar-refractivity contribution in [1.82, 2.24) is 20.1 Å².